The number of rotatable bonds is 3. The largest absolute Gasteiger partial charge is 0.494 e. The number of hydrogen-bond acceptors (Lipinski definition) is 3. The molecule has 0 saturated heterocycles. The number of hydrogen-bond donors (Lipinski definition) is 2. The molecule has 6 heteroatoms. The van der Waals surface area contributed by atoms with Crippen LogP contribution in [0.25, 0.3) is 0 Å². The maximum atomic E-state index is 13.6. The maximum Gasteiger partial charge on any atom is 0.258 e. The van der Waals surface area contributed by atoms with Gasteiger partial charge in [0.1, 0.15) is 5.82 Å². The summed E-state index contributed by atoms with van der Waals surface area (Å²) in [6, 6.07) is 7.74. The zero-order valence-corrected chi connectivity index (χ0v) is 11.4. The Kier molecular flexibility index (Phi) is 4.24. The average molecular weight is 295 g/mol. The van der Waals surface area contributed by atoms with Crippen molar-refractivity contribution in [3.05, 3.63) is 53.6 Å². The topological polar surface area (TPSA) is 38.3 Å². The molecule has 1 amide bonds. The summed E-state index contributed by atoms with van der Waals surface area (Å²) in [5, 5.41) is 2.47. The Labute approximate surface area is 120 Å². The Morgan fingerprint density at radius 3 is 2.55 bits per heavy atom. The van der Waals surface area contributed by atoms with Gasteiger partial charge in [-0.2, -0.15) is 0 Å². The fourth-order valence-corrected chi connectivity index (χ4v) is 1.83. The number of benzene rings is 2. The lowest BCUT2D eigenvalue weighted by Gasteiger charge is -2.08. The summed E-state index contributed by atoms with van der Waals surface area (Å²) in [5.41, 5.74) is 0.165. The molecule has 0 aliphatic carbocycles. The fourth-order valence-electron chi connectivity index (χ4n) is 1.62. The van der Waals surface area contributed by atoms with Crippen molar-refractivity contribution in [3.63, 3.8) is 0 Å². The molecule has 0 saturated carbocycles. The molecule has 0 aliphatic heterocycles. The molecule has 0 aromatic heterocycles. The predicted molar refractivity (Wildman–Crippen MR) is 74.6 cm³/mol. The Morgan fingerprint density at radius 2 is 1.85 bits per heavy atom. The number of methoxy groups -OCH3 is 1. The SMILES string of the molecule is COc1cc(NC(=O)c2cc(S)ccc2F)ccc1F. The quantitative estimate of drug-likeness (QED) is 0.850. The Morgan fingerprint density at radius 1 is 1.15 bits per heavy atom. The van der Waals surface area contributed by atoms with Gasteiger partial charge in [0.2, 0.25) is 0 Å². The number of halogens is 2. The van der Waals surface area contributed by atoms with Gasteiger partial charge in [-0.15, -0.1) is 12.6 Å². The molecule has 0 heterocycles. The summed E-state index contributed by atoms with van der Waals surface area (Å²) in [5.74, 6) is -1.86. The van der Waals surface area contributed by atoms with E-state index in [0.29, 0.717) is 10.6 Å². The first-order valence-corrected chi connectivity index (χ1v) is 6.09. The normalized spacial score (nSPS) is 10.2. The molecular formula is C14H11F2NO2S. The second kappa shape index (κ2) is 5.92. The lowest BCUT2D eigenvalue weighted by molar-refractivity contribution is 0.102. The second-order valence-electron chi connectivity index (χ2n) is 3.97. The van der Waals surface area contributed by atoms with E-state index in [9.17, 15) is 13.6 Å². The number of thiol groups is 1. The highest BCUT2D eigenvalue weighted by Gasteiger charge is 2.13. The highest BCUT2D eigenvalue weighted by atomic mass is 32.1. The minimum Gasteiger partial charge on any atom is -0.494 e. The monoisotopic (exact) mass is 295 g/mol. The molecule has 0 bridgehead atoms. The Hall–Kier alpha value is -2.08. The smallest absolute Gasteiger partial charge is 0.258 e. The van der Waals surface area contributed by atoms with E-state index in [0.717, 1.165) is 12.1 Å². The van der Waals surface area contributed by atoms with E-state index in [-0.39, 0.29) is 11.3 Å². The van der Waals surface area contributed by atoms with E-state index >= 15 is 0 Å². The van der Waals surface area contributed by atoms with Gasteiger partial charge in [-0.3, -0.25) is 4.79 Å². The van der Waals surface area contributed by atoms with Gasteiger partial charge in [0, 0.05) is 16.6 Å². The standard InChI is InChI=1S/C14H11F2NO2S/c1-19-13-6-8(2-4-12(13)16)17-14(18)10-7-9(20)3-5-11(10)15/h2-7,20H,1H3,(H,17,18). The Balaban J connectivity index is 2.25. The van der Waals surface area contributed by atoms with Crippen LogP contribution in [0.5, 0.6) is 5.75 Å². The number of amides is 1. The first kappa shape index (κ1) is 14.3. The molecule has 0 unspecified atom stereocenters. The second-order valence-corrected chi connectivity index (χ2v) is 4.48. The van der Waals surface area contributed by atoms with Gasteiger partial charge in [0.05, 0.1) is 12.7 Å². The zero-order valence-electron chi connectivity index (χ0n) is 10.5. The molecule has 104 valence electrons. The average Bonchev–Trinajstić information content (AvgIpc) is 2.43. The van der Waals surface area contributed by atoms with Crippen LogP contribution in [0.3, 0.4) is 0 Å². The van der Waals surface area contributed by atoms with Crippen molar-refractivity contribution in [1.82, 2.24) is 0 Å². The van der Waals surface area contributed by atoms with Gasteiger partial charge in [0.25, 0.3) is 5.91 Å². The summed E-state index contributed by atoms with van der Waals surface area (Å²) in [6.45, 7) is 0. The molecule has 3 nitrogen and oxygen atoms in total. The molecule has 0 spiro atoms. The van der Waals surface area contributed by atoms with Gasteiger partial charge in [-0.05, 0) is 30.3 Å². The number of carbonyl (C=O) groups excluding carboxylic acids is 1. The minimum atomic E-state index is -0.658. The van der Waals surface area contributed by atoms with Crippen molar-refractivity contribution < 1.29 is 18.3 Å². The van der Waals surface area contributed by atoms with E-state index in [2.05, 4.69) is 17.9 Å². The molecule has 1 N–H and O–H groups in total. The Bertz CT molecular complexity index is 662. The minimum absolute atomic E-state index is 0.00813. The summed E-state index contributed by atoms with van der Waals surface area (Å²) in [6.07, 6.45) is 0. The lowest BCUT2D eigenvalue weighted by Crippen LogP contribution is -2.14. The molecular weight excluding hydrogens is 284 g/mol. The van der Waals surface area contributed by atoms with E-state index in [1.165, 1.54) is 31.4 Å². The van der Waals surface area contributed by atoms with Crippen molar-refractivity contribution >= 4 is 24.2 Å². The molecule has 0 fully saturated rings. The lowest BCUT2D eigenvalue weighted by atomic mass is 10.2. The van der Waals surface area contributed by atoms with Crippen LogP contribution < -0.4 is 10.1 Å². The van der Waals surface area contributed by atoms with Crippen molar-refractivity contribution in [2.75, 3.05) is 12.4 Å². The third-order valence-electron chi connectivity index (χ3n) is 2.60. The van der Waals surface area contributed by atoms with Gasteiger partial charge >= 0.3 is 0 Å². The number of nitrogens with one attached hydrogen (secondary N) is 1. The van der Waals surface area contributed by atoms with Crippen LogP contribution in [-0.2, 0) is 0 Å². The molecule has 20 heavy (non-hydrogen) atoms. The molecule has 2 aromatic carbocycles. The first-order valence-electron chi connectivity index (χ1n) is 5.64. The third-order valence-corrected chi connectivity index (χ3v) is 2.88. The maximum absolute atomic E-state index is 13.6. The fraction of sp³-hybridized carbons (Fsp3) is 0.0714. The van der Waals surface area contributed by atoms with Gasteiger partial charge < -0.3 is 10.1 Å². The van der Waals surface area contributed by atoms with E-state index in [1.54, 1.807) is 0 Å². The number of carbonyl (C=O) groups is 1. The molecule has 0 aliphatic rings. The van der Waals surface area contributed by atoms with E-state index < -0.39 is 17.5 Å². The summed E-state index contributed by atoms with van der Waals surface area (Å²) >= 11 is 4.05. The highest BCUT2D eigenvalue weighted by molar-refractivity contribution is 7.80. The molecule has 2 aromatic rings. The van der Waals surface area contributed by atoms with Gasteiger partial charge in [-0.25, -0.2) is 8.78 Å². The summed E-state index contributed by atoms with van der Waals surface area (Å²) < 4.78 is 31.6. The summed E-state index contributed by atoms with van der Waals surface area (Å²) in [4.78, 5) is 12.4. The van der Waals surface area contributed by atoms with Crippen LogP contribution >= 0.6 is 12.6 Å². The predicted octanol–water partition coefficient (Wildman–Crippen LogP) is 3.51. The van der Waals surface area contributed by atoms with Crippen LogP contribution in [0, 0.1) is 11.6 Å². The van der Waals surface area contributed by atoms with Crippen molar-refractivity contribution in [3.8, 4) is 5.75 Å². The van der Waals surface area contributed by atoms with Crippen molar-refractivity contribution in [1.29, 1.82) is 0 Å². The zero-order chi connectivity index (χ0) is 14.7. The summed E-state index contributed by atoms with van der Waals surface area (Å²) in [7, 11) is 1.31. The van der Waals surface area contributed by atoms with Crippen molar-refractivity contribution in [2.45, 2.75) is 4.90 Å². The first-order chi connectivity index (χ1) is 9.51. The third kappa shape index (κ3) is 3.08. The van der Waals surface area contributed by atoms with E-state index in [4.69, 9.17) is 4.74 Å². The van der Waals surface area contributed by atoms with Gasteiger partial charge in [-0.1, -0.05) is 0 Å². The van der Waals surface area contributed by atoms with Crippen LogP contribution in [0.4, 0.5) is 14.5 Å². The van der Waals surface area contributed by atoms with E-state index in [1.807, 2.05) is 0 Å². The van der Waals surface area contributed by atoms with Crippen LogP contribution in [-0.4, -0.2) is 13.0 Å². The van der Waals surface area contributed by atoms with Crippen LogP contribution in [0.1, 0.15) is 10.4 Å². The number of anilines is 1. The van der Waals surface area contributed by atoms with Gasteiger partial charge in [0.15, 0.2) is 11.6 Å². The van der Waals surface area contributed by atoms with Crippen molar-refractivity contribution in [2.24, 2.45) is 0 Å². The molecule has 0 radical (unpaired) electrons. The highest BCUT2D eigenvalue weighted by Crippen LogP contribution is 2.22. The molecule has 2 rings (SSSR count). The molecule has 0 atom stereocenters. The van der Waals surface area contributed by atoms with Crippen LogP contribution in [0.2, 0.25) is 0 Å². The number of ether oxygens (including phenoxy) is 1. The van der Waals surface area contributed by atoms with Crippen LogP contribution in [0.15, 0.2) is 41.3 Å².